The molecule has 0 saturated carbocycles. The van der Waals surface area contributed by atoms with Crippen LogP contribution in [0.3, 0.4) is 0 Å². The monoisotopic (exact) mass is 265 g/mol. The largest absolute Gasteiger partial charge is 0.477 e. The van der Waals surface area contributed by atoms with Gasteiger partial charge >= 0.3 is 12.0 Å². The van der Waals surface area contributed by atoms with E-state index < -0.39 is 5.97 Å². The molecule has 3 N–H and O–H groups in total. The van der Waals surface area contributed by atoms with Gasteiger partial charge in [0.25, 0.3) is 0 Å². The van der Waals surface area contributed by atoms with Gasteiger partial charge in [-0.05, 0) is 24.0 Å². The lowest BCUT2D eigenvalue weighted by Crippen LogP contribution is -2.31. The van der Waals surface area contributed by atoms with E-state index in [9.17, 15) is 9.59 Å². The van der Waals surface area contributed by atoms with Crippen LogP contribution < -0.4 is 10.6 Å². The number of aromatic carboxylic acids is 1. The third-order valence-corrected chi connectivity index (χ3v) is 2.40. The molecule has 0 aliphatic heterocycles. The average molecular weight is 265 g/mol. The first-order chi connectivity index (χ1) is 8.78. The van der Waals surface area contributed by atoms with E-state index >= 15 is 0 Å². The summed E-state index contributed by atoms with van der Waals surface area (Å²) in [5.41, 5.74) is 0.565. The zero-order valence-electron chi connectivity index (χ0n) is 11.4. The Labute approximate surface area is 112 Å². The molecule has 1 aromatic rings. The van der Waals surface area contributed by atoms with Gasteiger partial charge in [0.15, 0.2) is 0 Å². The van der Waals surface area contributed by atoms with Crippen molar-refractivity contribution in [3.8, 4) is 0 Å². The molecule has 1 heterocycles. The van der Waals surface area contributed by atoms with Gasteiger partial charge in [-0.15, -0.1) is 0 Å². The Morgan fingerprint density at radius 1 is 1.32 bits per heavy atom. The highest BCUT2D eigenvalue weighted by Gasteiger charge is 2.10. The van der Waals surface area contributed by atoms with Crippen LogP contribution in [0.5, 0.6) is 0 Å². The maximum absolute atomic E-state index is 11.6. The zero-order valence-corrected chi connectivity index (χ0v) is 11.4. The maximum atomic E-state index is 11.6. The van der Waals surface area contributed by atoms with Crippen molar-refractivity contribution >= 4 is 17.7 Å². The average Bonchev–Trinajstić information content (AvgIpc) is 2.27. The molecule has 19 heavy (non-hydrogen) atoms. The topological polar surface area (TPSA) is 91.3 Å². The van der Waals surface area contributed by atoms with E-state index in [0.29, 0.717) is 12.2 Å². The van der Waals surface area contributed by atoms with Crippen molar-refractivity contribution in [3.05, 3.63) is 24.0 Å². The predicted octanol–water partition coefficient (Wildman–Crippen LogP) is 2.34. The van der Waals surface area contributed by atoms with Crippen LogP contribution in [-0.2, 0) is 0 Å². The number of anilines is 1. The Morgan fingerprint density at radius 2 is 2.00 bits per heavy atom. The number of carboxylic acid groups (broad SMARTS) is 1. The van der Waals surface area contributed by atoms with E-state index in [-0.39, 0.29) is 17.1 Å². The molecular formula is C13H19N3O3. The SMILES string of the molecule is CC(C)(C)CCNC(=O)Nc1ccc(C(=O)O)nc1. The van der Waals surface area contributed by atoms with Gasteiger partial charge in [-0.3, -0.25) is 0 Å². The van der Waals surface area contributed by atoms with Crippen LogP contribution in [0.2, 0.25) is 0 Å². The minimum atomic E-state index is -1.10. The second kappa shape index (κ2) is 6.17. The fourth-order valence-corrected chi connectivity index (χ4v) is 1.32. The molecule has 0 radical (unpaired) electrons. The quantitative estimate of drug-likeness (QED) is 0.779. The van der Waals surface area contributed by atoms with Crippen molar-refractivity contribution in [2.75, 3.05) is 11.9 Å². The first-order valence-corrected chi connectivity index (χ1v) is 6.02. The highest BCUT2D eigenvalue weighted by atomic mass is 16.4. The molecule has 6 heteroatoms. The summed E-state index contributed by atoms with van der Waals surface area (Å²) in [7, 11) is 0. The summed E-state index contributed by atoms with van der Waals surface area (Å²) in [5, 5.41) is 14.0. The number of carbonyl (C=O) groups excluding carboxylic acids is 1. The highest BCUT2D eigenvalue weighted by molar-refractivity contribution is 5.90. The minimum absolute atomic E-state index is 0.0568. The molecule has 0 fully saturated rings. The van der Waals surface area contributed by atoms with Crippen LogP contribution in [0.1, 0.15) is 37.7 Å². The van der Waals surface area contributed by atoms with E-state index in [4.69, 9.17) is 5.11 Å². The lowest BCUT2D eigenvalue weighted by molar-refractivity contribution is 0.0690. The van der Waals surface area contributed by atoms with Gasteiger partial charge in [-0.1, -0.05) is 20.8 Å². The van der Waals surface area contributed by atoms with Crippen molar-refractivity contribution < 1.29 is 14.7 Å². The van der Waals surface area contributed by atoms with Crippen LogP contribution >= 0.6 is 0 Å². The molecule has 0 aromatic carbocycles. The molecule has 0 aliphatic rings. The molecule has 6 nitrogen and oxygen atoms in total. The fraction of sp³-hybridized carbons (Fsp3) is 0.462. The third-order valence-electron chi connectivity index (χ3n) is 2.40. The van der Waals surface area contributed by atoms with Crippen LogP contribution in [0.4, 0.5) is 10.5 Å². The number of hydrogen-bond acceptors (Lipinski definition) is 3. The molecule has 2 amide bonds. The van der Waals surface area contributed by atoms with Crippen molar-refractivity contribution in [2.24, 2.45) is 5.41 Å². The number of pyridine rings is 1. The van der Waals surface area contributed by atoms with Crippen LogP contribution in [0.25, 0.3) is 0 Å². The molecule has 0 spiro atoms. The lowest BCUT2D eigenvalue weighted by Gasteiger charge is -2.18. The Hall–Kier alpha value is -2.11. The molecule has 104 valence electrons. The first-order valence-electron chi connectivity index (χ1n) is 6.02. The van der Waals surface area contributed by atoms with Gasteiger partial charge in [0.1, 0.15) is 5.69 Å². The van der Waals surface area contributed by atoms with E-state index in [0.717, 1.165) is 6.42 Å². The first kappa shape index (κ1) is 14.9. The summed E-state index contributed by atoms with van der Waals surface area (Å²) < 4.78 is 0. The third kappa shape index (κ3) is 5.85. The van der Waals surface area contributed by atoms with E-state index in [1.54, 1.807) is 0 Å². The summed E-state index contributed by atoms with van der Waals surface area (Å²) in [6.07, 6.45) is 2.18. The molecular weight excluding hydrogens is 246 g/mol. The van der Waals surface area contributed by atoms with Gasteiger partial charge < -0.3 is 15.7 Å². The van der Waals surface area contributed by atoms with Gasteiger partial charge in [-0.25, -0.2) is 14.6 Å². The number of carboxylic acids is 1. The fourth-order valence-electron chi connectivity index (χ4n) is 1.32. The number of urea groups is 1. The van der Waals surface area contributed by atoms with Crippen molar-refractivity contribution in [3.63, 3.8) is 0 Å². The Morgan fingerprint density at radius 3 is 2.47 bits per heavy atom. The molecule has 1 rings (SSSR count). The summed E-state index contributed by atoms with van der Waals surface area (Å²) in [6, 6.07) is 2.52. The van der Waals surface area contributed by atoms with Crippen LogP contribution in [0, 0.1) is 5.41 Å². The number of rotatable bonds is 4. The van der Waals surface area contributed by atoms with Crippen molar-refractivity contribution in [1.82, 2.24) is 10.3 Å². The Balaban J connectivity index is 2.42. The smallest absolute Gasteiger partial charge is 0.354 e. The number of hydrogen-bond donors (Lipinski definition) is 3. The summed E-state index contributed by atoms with van der Waals surface area (Å²) in [4.78, 5) is 25.9. The summed E-state index contributed by atoms with van der Waals surface area (Å²) >= 11 is 0. The van der Waals surface area contributed by atoms with Crippen LogP contribution in [0.15, 0.2) is 18.3 Å². The number of aromatic nitrogens is 1. The second-order valence-electron chi connectivity index (χ2n) is 5.43. The second-order valence-corrected chi connectivity index (χ2v) is 5.43. The number of nitrogens with zero attached hydrogens (tertiary/aromatic N) is 1. The lowest BCUT2D eigenvalue weighted by atomic mass is 9.92. The van der Waals surface area contributed by atoms with Crippen molar-refractivity contribution in [1.29, 1.82) is 0 Å². The van der Waals surface area contributed by atoms with Crippen LogP contribution in [-0.4, -0.2) is 28.6 Å². The molecule has 0 aliphatic carbocycles. The summed E-state index contributed by atoms with van der Waals surface area (Å²) in [5.74, 6) is -1.10. The van der Waals surface area contributed by atoms with Gasteiger partial charge in [0.2, 0.25) is 0 Å². The normalized spacial score (nSPS) is 10.9. The van der Waals surface area contributed by atoms with E-state index in [1.165, 1.54) is 18.3 Å². The maximum Gasteiger partial charge on any atom is 0.354 e. The molecule has 0 atom stereocenters. The zero-order chi connectivity index (χ0) is 14.5. The van der Waals surface area contributed by atoms with E-state index in [2.05, 4.69) is 36.4 Å². The molecule has 0 bridgehead atoms. The number of amides is 2. The number of nitrogens with one attached hydrogen (secondary N) is 2. The van der Waals surface area contributed by atoms with Gasteiger partial charge in [0, 0.05) is 6.54 Å². The van der Waals surface area contributed by atoms with Crippen molar-refractivity contribution in [2.45, 2.75) is 27.2 Å². The van der Waals surface area contributed by atoms with Gasteiger partial charge in [-0.2, -0.15) is 0 Å². The minimum Gasteiger partial charge on any atom is -0.477 e. The standard InChI is InChI=1S/C13H19N3O3/c1-13(2,3)6-7-14-12(19)16-9-4-5-10(11(17)18)15-8-9/h4-5,8H,6-7H2,1-3H3,(H,17,18)(H2,14,16,19). The molecule has 0 unspecified atom stereocenters. The predicted molar refractivity (Wildman–Crippen MR) is 72.3 cm³/mol. The van der Waals surface area contributed by atoms with E-state index in [1.807, 2.05) is 0 Å². The molecule has 0 saturated heterocycles. The Kier molecular flexibility index (Phi) is 4.86. The summed E-state index contributed by atoms with van der Waals surface area (Å²) in [6.45, 7) is 6.87. The molecule has 1 aromatic heterocycles. The Bertz CT molecular complexity index is 449. The van der Waals surface area contributed by atoms with Gasteiger partial charge in [0.05, 0.1) is 11.9 Å². The highest BCUT2D eigenvalue weighted by Crippen LogP contribution is 2.16. The number of carbonyl (C=O) groups is 2.